The van der Waals surface area contributed by atoms with Crippen molar-refractivity contribution < 1.29 is 15.0 Å². The maximum absolute atomic E-state index is 11.3. The van der Waals surface area contributed by atoms with Crippen LogP contribution in [0.5, 0.6) is 0 Å². The summed E-state index contributed by atoms with van der Waals surface area (Å²) in [5.74, 6) is -0.955. The van der Waals surface area contributed by atoms with Gasteiger partial charge >= 0.3 is 5.97 Å². The van der Waals surface area contributed by atoms with Crippen LogP contribution in [0, 0.1) is 5.92 Å². The molecule has 1 saturated carbocycles. The largest absolute Gasteiger partial charge is 0.481 e. The Morgan fingerprint density at radius 3 is 2.58 bits per heavy atom. The minimum absolute atomic E-state index is 0.109. The van der Waals surface area contributed by atoms with Gasteiger partial charge in [-0.3, -0.25) is 9.69 Å². The molecule has 3 N–H and O–H groups in total. The van der Waals surface area contributed by atoms with Gasteiger partial charge in [-0.05, 0) is 19.3 Å². The molecule has 0 aromatic carbocycles. The Morgan fingerprint density at radius 1 is 1.21 bits per heavy atom. The fraction of sp³-hybridized carbons (Fsp3) is 0.929. The first-order valence-corrected chi connectivity index (χ1v) is 7.52. The van der Waals surface area contributed by atoms with Crippen LogP contribution in [0.1, 0.15) is 38.5 Å². The predicted molar refractivity (Wildman–Crippen MR) is 73.1 cm³/mol. The maximum atomic E-state index is 11.3. The number of carboxylic acid groups (broad SMARTS) is 1. The van der Waals surface area contributed by atoms with Gasteiger partial charge in [-0.2, -0.15) is 0 Å². The maximum Gasteiger partial charge on any atom is 0.307 e. The van der Waals surface area contributed by atoms with E-state index < -0.39 is 5.97 Å². The number of hydrogen-bond donors (Lipinski definition) is 3. The summed E-state index contributed by atoms with van der Waals surface area (Å²) in [5, 5.41) is 21.5. The average Bonchev–Trinajstić information content (AvgIpc) is 2.45. The Balaban J connectivity index is 1.94. The molecule has 2 rings (SSSR count). The molecule has 5 heteroatoms. The molecule has 2 unspecified atom stereocenters. The van der Waals surface area contributed by atoms with Gasteiger partial charge in [0, 0.05) is 31.7 Å². The first kappa shape index (κ1) is 14.8. The molecule has 1 saturated heterocycles. The van der Waals surface area contributed by atoms with Gasteiger partial charge in [0.2, 0.25) is 0 Å². The normalized spacial score (nSPS) is 30.4. The highest BCUT2D eigenvalue weighted by molar-refractivity contribution is 5.70. The highest BCUT2D eigenvalue weighted by atomic mass is 16.4. The molecule has 1 aliphatic carbocycles. The summed E-state index contributed by atoms with van der Waals surface area (Å²) in [7, 11) is 0. The number of aliphatic carboxylic acids is 1. The van der Waals surface area contributed by atoms with Crippen LogP contribution in [-0.4, -0.2) is 59.4 Å². The topological polar surface area (TPSA) is 72.8 Å². The molecule has 0 bridgehead atoms. The molecule has 1 heterocycles. The monoisotopic (exact) mass is 270 g/mol. The zero-order valence-corrected chi connectivity index (χ0v) is 11.6. The number of aliphatic hydroxyl groups is 1. The molecule has 5 nitrogen and oxygen atoms in total. The Labute approximate surface area is 115 Å². The van der Waals surface area contributed by atoms with Gasteiger partial charge in [-0.25, -0.2) is 0 Å². The Kier molecular flexibility index (Phi) is 5.60. The summed E-state index contributed by atoms with van der Waals surface area (Å²) in [6, 6.07) is 0.762. The van der Waals surface area contributed by atoms with E-state index in [0.717, 1.165) is 6.54 Å². The molecule has 2 aliphatic rings. The van der Waals surface area contributed by atoms with Crippen molar-refractivity contribution >= 4 is 5.97 Å². The quantitative estimate of drug-likeness (QED) is 0.685. The van der Waals surface area contributed by atoms with Crippen LogP contribution in [0.4, 0.5) is 0 Å². The Hall–Kier alpha value is -0.650. The molecule has 2 atom stereocenters. The lowest BCUT2D eigenvalue weighted by Crippen LogP contribution is -2.54. The fourth-order valence-electron chi connectivity index (χ4n) is 3.47. The third kappa shape index (κ3) is 4.16. The predicted octanol–water partition coefficient (Wildman–Crippen LogP) is 0.676. The molecule has 0 aromatic rings. The third-order valence-electron chi connectivity index (χ3n) is 4.46. The van der Waals surface area contributed by atoms with Crippen LogP contribution >= 0.6 is 0 Å². The second-order valence-electron chi connectivity index (χ2n) is 5.89. The van der Waals surface area contributed by atoms with Crippen molar-refractivity contribution in [3.8, 4) is 0 Å². The molecule has 19 heavy (non-hydrogen) atoms. The van der Waals surface area contributed by atoms with E-state index in [2.05, 4.69) is 10.2 Å². The number of piperidine rings is 1. The number of likely N-dealkylation sites (tertiary alicyclic amines) is 1. The van der Waals surface area contributed by atoms with Crippen molar-refractivity contribution in [3.05, 3.63) is 0 Å². The van der Waals surface area contributed by atoms with E-state index in [0.29, 0.717) is 25.6 Å². The Bertz CT molecular complexity index is 292. The molecule has 0 aromatic heterocycles. The van der Waals surface area contributed by atoms with Crippen LogP contribution in [0.3, 0.4) is 0 Å². The lowest BCUT2D eigenvalue weighted by Gasteiger charge is -2.42. The van der Waals surface area contributed by atoms with E-state index in [1.54, 1.807) is 0 Å². The summed E-state index contributed by atoms with van der Waals surface area (Å²) in [4.78, 5) is 13.7. The molecule has 0 radical (unpaired) electrons. The summed E-state index contributed by atoms with van der Waals surface area (Å²) in [5.41, 5.74) is 0. The number of carboxylic acids is 1. The number of aliphatic hydroxyl groups excluding tert-OH is 1. The van der Waals surface area contributed by atoms with E-state index in [1.165, 1.54) is 32.1 Å². The van der Waals surface area contributed by atoms with Crippen LogP contribution in [0.15, 0.2) is 0 Å². The first-order valence-electron chi connectivity index (χ1n) is 7.52. The molecule has 0 spiro atoms. The third-order valence-corrected chi connectivity index (χ3v) is 4.46. The SMILES string of the molecule is O=C(O)C1CC(NCCO)CN(C2CCCCC2)C1. The van der Waals surface area contributed by atoms with E-state index in [9.17, 15) is 9.90 Å². The van der Waals surface area contributed by atoms with Gasteiger partial charge in [0.15, 0.2) is 0 Å². The standard InChI is InChI=1S/C14H26N2O3/c17-7-6-15-12-8-11(14(18)19)9-16(10-12)13-4-2-1-3-5-13/h11-13,15,17H,1-10H2,(H,18,19). The molecule has 0 amide bonds. The van der Waals surface area contributed by atoms with E-state index in [-0.39, 0.29) is 18.6 Å². The van der Waals surface area contributed by atoms with Crippen molar-refractivity contribution in [2.75, 3.05) is 26.2 Å². The highest BCUT2D eigenvalue weighted by Crippen LogP contribution is 2.27. The van der Waals surface area contributed by atoms with Gasteiger partial charge in [0.1, 0.15) is 0 Å². The van der Waals surface area contributed by atoms with Crippen molar-refractivity contribution in [2.45, 2.75) is 50.6 Å². The summed E-state index contributed by atoms with van der Waals surface area (Å²) in [6.07, 6.45) is 6.96. The minimum atomic E-state index is -0.684. The summed E-state index contributed by atoms with van der Waals surface area (Å²) >= 11 is 0. The first-order chi connectivity index (χ1) is 9.20. The van der Waals surface area contributed by atoms with Gasteiger partial charge in [0.05, 0.1) is 12.5 Å². The second kappa shape index (κ2) is 7.22. The van der Waals surface area contributed by atoms with E-state index in [1.807, 2.05) is 0 Å². The number of hydrogen-bond acceptors (Lipinski definition) is 4. The number of rotatable bonds is 5. The van der Waals surface area contributed by atoms with Crippen molar-refractivity contribution in [2.24, 2.45) is 5.92 Å². The average molecular weight is 270 g/mol. The van der Waals surface area contributed by atoms with Crippen molar-refractivity contribution in [3.63, 3.8) is 0 Å². The van der Waals surface area contributed by atoms with Gasteiger partial charge in [-0.1, -0.05) is 19.3 Å². The smallest absolute Gasteiger partial charge is 0.307 e. The number of carbonyl (C=O) groups is 1. The highest BCUT2D eigenvalue weighted by Gasteiger charge is 2.34. The summed E-state index contributed by atoms with van der Waals surface area (Å²) in [6.45, 7) is 2.28. The minimum Gasteiger partial charge on any atom is -0.481 e. The van der Waals surface area contributed by atoms with Crippen LogP contribution in [0.2, 0.25) is 0 Å². The molecule has 2 fully saturated rings. The van der Waals surface area contributed by atoms with Crippen LogP contribution in [-0.2, 0) is 4.79 Å². The number of nitrogens with one attached hydrogen (secondary N) is 1. The van der Waals surface area contributed by atoms with Gasteiger partial charge < -0.3 is 15.5 Å². The van der Waals surface area contributed by atoms with Crippen molar-refractivity contribution in [1.29, 1.82) is 0 Å². The Morgan fingerprint density at radius 2 is 1.95 bits per heavy atom. The second-order valence-corrected chi connectivity index (χ2v) is 5.89. The molecule has 110 valence electrons. The fourth-order valence-corrected chi connectivity index (χ4v) is 3.47. The molecule has 1 aliphatic heterocycles. The van der Waals surface area contributed by atoms with E-state index >= 15 is 0 Å². The zero-order valence-electron chi connectivity index (χ0n) is 11.6. The van der Waals surface area contributed by atoms with Gasteiger partial charge in [0.25, 0.3) is 0 Å². The lowest BCUT2D eigenvalue weighted by molar-refractivity contribution is -0.144. The van der Waals surface area contributed by atoms with E-state index in [4.69, 9.17) is 5.11 Å². The summed E-state index contributed by atoms with van der Waals surface area (Å²) < 4.78 is 0. The van der Waals surface area contributed by atoms with Gasteiger partial charge in [-0.15, -0.1) is 0 Å². The van der Waals surface area contributed by atoms with Crippen molar-refractivity contribution in [1.82, 2.24) is 10.2 Å². The van der Waals surface area contributed by atoms with Crippen LogP contribution < -0.4 is 5.32 Å². The molecular weight excluding hydrogens is 244 g/mol. The zero-order chi connectivity index (χ0) is 13.7. The molecular formula is C14H26N2O3. The lowest BCUT2D eigenvalue weighted by atomic mass is 9.88. The van der Waals surface area contributed by atoms with Crippen LogP contribution in [0.25, 0.3) is 0 Å². The number of nitrogens with zero attached hydrogens (tertiary/aromatic N) is 1.